The minimum atomic E-state index is 0.335. The second-order valence-electron chi connectivity index (χ2n) is 4.45. The van der Waals surface area contributed by atoms with Gasteiger partial charge in [0.1, 0.15) is 0 Å². The molecule has 1 N–H and O–H groups in total. The highest BCUT2D eigenvalue weighted by Crippen LogP contribution is 2.34. The molecule has 0 aromatic carbocycles. The molecule has 0 aromatic heterocycles. The van der Waals surface area contributed by atoms with E-state index in [0.29, 0.717) is 24.4 Å². The Morgan fingerprint density at radius 2 is 1.92 bits per heavy atom. The lowest BCUT2D eigenvalue weighted by atomic mass is 9.75. The number of ether oxygens (including phenoxy) is 1. The molecule has 2 unspecified atom stereocenters. The van der Waals surface area contributed by atoms with Crippen LogP contribution in [0.5, 0.6) is 0 Å². The summed E-state index contributed by atoms with van der Waals surface area (Å²) < 4.78 is 5.55. The second-order valence-corrected chi connectivity index (χ2v) is 4.45. The molecular weight excluding hydrogens is 166 g/mol. The number of aliphatic hydroxyl groups is 1. The van der Waals surface area contributed by atoms with Crippen LogP contribution in [-0.4, -0.2) is 50.0 Å². The largest absolute Gasteiger partial charge is 0.396 e. The predicted molar refractivity (Wildman–Crippen MR) is 50.5 cm³/mol. The van der Waals surface area contributed by atoms with Crippen LogP contribution < -0.4 is 0 Å². The first-order valence-electron chi connectivity index (χ1n) is 5.18. The molecule has 0 aliphatic carbocycles. The van der Waals surface area contributed by atoms with Crippen LogP contribution in [0.25, 0.3) is 0 Å². The van der Waals surface area contributed by atoms with E-state index < -0.39 is 0 Å². The first-order valence-corrected chi connectivity index (χ1v) is 5.18. The first kappa shape index (κ1) is 9.44. The fraction of sp³-hybridized carbons (Fsp3) is 1.00. The average Bonchev–Trinajstić information content (AvgIpc) is 2.07. The number of nitrogens with zero attached hydrogens (tertiary/aromatic N) is 1. The summed E-state index contributed by atoms with van der Waals surface area (Å²) in [5.74, 6) is 2.02. The van der Waals surface area contributed by atoms with E-state index in [1.54, 1.807) is 0 Å². The van der Waals surface area contributed by atoms with E-state index in [9.17, 15) is 0 Å². The van der Waals surface area contributed by atoms with Gasteiger partial charge in [0, 0.05) is 19.7 Å². The van der Waals surface area contributed by atoms with E-state index >= 15 is 0 Å². The molecule has 0 amide bonds. The fourth-order valence-corrected chi connectivity index (χ4v) is 2.87. The molecule has 2 aliphatic heterocycles. The Kier molecular flexibility index (Phi) is 2.86. The van der Waals surface area contributed by atoms with Gasteiger partial charge in [0.15, 0.2) is 0 Å². The molecular formula is C10H19NO2. The van der Waals surface area contributed by atoms with Crippen molar-refractivity contribution in [3.05, 3.63) is 0 Å². The van der Waals surface area contributed by atoms with Crippen LogP contribution in [0.1, 0.15) is 6.42 Å². The van der Waals surface area contributed by atoms with Gasteiger partial charge in [-0.05, 0) is 31.2 Å². The minimum absolute atomic E-state index is 0.335. The zero-order valence-corrected chi connectivity index (χ0v) is 8.28. The molecule has 13 heavy (non-hydrogen) atoms. The van der Waals surface area contributed by atoms with E-state index in [0.717, 1.165) is 32.7 Å². The zero-order valence-electron chi connectivity index (χ0n) is 8.28. The van der Waals surface area contributed by atoms with Crippen LogP contribution in [-0.2, 0) is 4.74 Å². The topological polar surface area (TPSA) is 32.7 Å². The lowest BCUT2D eigenvalue weighted by Crippen LogP contribution is -2.51. The Bertz CT molecular complexity index is 160. The Hall–Kier alpha value is -0.120. The van der Waals surface area contributed by atoms with E-state index in [1.807, 2.05) is 0 Å². The number of fused-ring (bicyclic) bond motifs is 2. The lowest BCUT2D eigenvalue weighted by Gasteiger charge is -2.46. The third kappa shape index (κ3) is 1.87. The summed E-state index contributed by atoms with van der Waals surface area (Å²) in [6.07, 6.45) is 0.965. The van der Waals surface area contributed by atoms with Gasteiger partial charge < -0.3 is 14.7 Å². The highest BCUT2D eigenvalue weighted by Gasteiger charge is 2.38. The van der Waals surface area contributed by atoms with Crippen LogP contribution >= 0.6 is 0 Å². The maximum absolute atomic E-state index is 8.99. The summed E-state index contributed by atoms with van der Waals surface area (Å²) in [7, 11) is 2.18. The molecule has 0 spiro atoms. The van der Waals surface area contributed by atoms with E-state index in [2.05, 4.69) is 11.9 Å². The van der Waals surface area contributed by atoms with Gasteiger partial charge in [-0.1, -0.05) is 0 Å². The van der Waals surface area contributed by atoms with E-state index in [-0.39, 0.29) is 0 Å². The normalized spacial score (nSPS) is 40.6. The van der Waals surface area contributed by atoms with Gasteiger partial charge in [-0.15, -0.1) is 0 Å². The summed E-state index contributed by atoms with van der Waals surface area (Å²) >= 11 is 0. The molecule has 0 aromatic rings. The number of aliphatic hydroxyl groups excluding tert-OH is 1. The zero-order chi connectivity index (χ0) is 9.26. The molecule has 3 nitrogen and oxygen atoms in total. The minimum Gasteiger partial charge on any atom is -0.396 e. The van der Waals surface area contributed by atoms with Crippen LogP contribution in [0.4, 0.5) is 0 Å². The number of rotatable bonds is 2. The molecule has 2 atom stereocenters. The molecule has 76 valence electrons. The van der Waals surface area contributed by atoms with Gasteiger partial charge in [0.25, 0.3) is 0 Å². The highest BCUT2D eigenvalue weighted by atomic mass is 16.5. The number of likely N-dealkylation sites (tertiary alicyclic amines) is 1. The summed E-state index contributed by atoms with van der Waals surface area (Å²) in [6, 6.07) is 0. The molecule has 2 fully saturated rings. The average molecular weight is 185 g/mol. The van der Waals surface area contributed by atoms with Crippen molar-refractivity contribution >= 4 is 0 Å². The predicted octanol–water partition coefficient (Wildman–Crippen LogP) is 0.193. The van der Waals surface area contributed by atoms with Gasteiger partial charge in [-0.3, -0.25) is 0 Å². The Morgan fingerprint density at radius 1 is 1.31 bits per heavy atom. The summed E-state index contributed by atoms with van der Waals surface area (Å²) in [5, 5.41) is 8.99. The van der Waals surface area contributed by atoms with Crippen LogP contribution in [0, 0.1) is 17.8 Å². The second kappa shape index (κ2) is 3.95. The lowest BCUT2D eigenvalue weighted by molar-refractivity contribution is -0.0830. The van der Waals surface area contributed by atoms with Crippen molar-refractivity contribution in [3.8, 4) is 0 Å². The van der Waals surface area contributed by atoms with Gasteiger partial charge in [-0.2, -0.15) is 0 Å². The van der Waals surface area contributed by atoms with Crippen molar-refractivity contribution in [2.45, 2.75) is 6.42 Å². The molecule has 2 rings (SSSR count). The third-order valence-corrected chi connectivity index (χ3v) is 3.43. The Labute approximate surface area is 79.7 Å². The molecule has 0 radical (unpaired) electrons. The van der Waals surface area contributed by atoms with Crippen molar-refractivity contribution in [1.29, 1.82) is 0 Å². The summed E-state index contributed by atoms with van der Waals surface area (Å²) in [5.41, 5.74) is 0. The van der Waals surface area contributed by atoms with Crippen molar-refractivity contribution in [3.63, 3.8) is 0 Å². The number of hydrogen-bond acceptors (Lipinski definition) is 3. The van der Waals surface area contributed by atoms with Crippen molar-refractivity contribution in [2.24, 2.45) is 17.8 Å². The van der Waals surface area contributed by atoms with Crippen molar-refractivity contribution in [2.75, 3.05) is 40.0 Å². The molecule has 3 heteroatoms. The van der Waals surface area contributed by atoms with Crippen molar-refractivity contribution < 1.29 is 9.84 Å². The van der Waals surface area contributed by atoms with E-state index in [4.69, 9.17) is 9.84 Å². The number of hydrogen-bond donors (Lipinski definition) is 1. The molecule has 2 aliphatic rings. The quantitative estimate of drug-likeness (QED) is 0.667. The van der Waals surface area contributed by atoms with Gasteiger partial charge >= 0.3 is 0 Å². The van der Waals surface area contributed by atoms with Crippen molar-refractivity contribution in [1.82, 2.24) is 4.90 Å². The SMILES string of the molecule is CN1CC2COCC(C1)C2CCO. The Morgan fingerprint density at radius 3 is 2.46 bits per heavy atom. The van der Waals surface area contributed by atoms with Gasteiger partial charge in [0.2, 0.25) is 0 Å². The maximum Gasteiger partial charge on any atom is 0.0509 e. The fourth-order valence-electron chi connectivity index (χ4n) is 2.87. The number of piperidine rings is 1. The first-order chi connectivity index (χ1) is 6.31. The monoisotopic (exact) mass is 185 g/mol. The highest BCUT2D eigenvalue weighted by molar-refractivity contribution is 4.88. The van der Waals surface area contributed by atoms with E-state index in [1.165, 1.54) is 0 Å². The molecule has 0 saturated carbocycles. The Balaban J connectivity index is 2.01. The molecule has 2 heterocycles. The maximum atomic E-state index is 8.99. The van der Waals surface area contributed by atoms with Gasteiger partial charge in [0.05, 0.1) is 13.2 Å². The third-order valence-electron chi connectivity index (χ3n) is 3.43. The van der Waals surface area contributed by atoms with Crippen LogP contribution in [0.15, 0.2) is 0 Å². The van der Waals surface area contributed by atoms with Crippen LogP contribution in [0.3, 0.4) is 0 Å². The molecule has 2 saturated heterocycles. The molecule has 2 bridgehead atoms. The van der Waals surface area contributed by atoms with Crippen LogP contribution in [0.2, 0.25) is 0 Å². The smallest absolute Gasteiger partial charge is 0.0509 e. The van der Waals surface area contributed by atoms with Gasteiger partial charge in [-0.25, -0.2) is 0 Å². The summed E-state index contributed by atoms with van der Waals surface area (Å²) in [6.45, 7) is 4.40. The summed E-state index contributed by atoms with van der Waals surface area (Å²) in [4.78, 5) is 2.39. The standard InChI is InChI=1S/C10H19NO2/c1-11-4-8-6-13-7-9(5-11)10(8)2-3-12/h8-10,12H,2-7H2,1H3.